The number of carbonyl (C=O) groups is 1. The number of hydrazone groups is 1. The molecule has 1 amide bonds. The van der Waals surface area contributed by atoms with Gasteiger partial charge in [0.25, 0.3) is 5.91 Å². The number of thiazole rings is 1. The van der Waals surface area contributed by atoms with Crippen LogP contribution in [0.15, 0.2) is 92.2 Å². The number of benzene rings is 3. The van der Waals surface area contributed by atoms with Crippen molar-refractivity contribution in [1.82, 2.24) is 9.29 Å². The summed E-state index contributed by atoms with van der Waals surface area (Å²) in [5.41, 5.74) is 1.10. The molecule has 0 bridgehead atoms. The average Bonchev–Trinajstić information content (AvgIpc) is 3.45. The van der Waals surface area contributed by atoms with E-state index in [1.807, 2.05) is 13.8 Å². The van der Waals surface area contributed by atoms with Gasteiger partial charge in [0, 0.05) is 18.7 Å². The van der Waals surface area contributed by atoms with Gasteiger partial charge >= 0.3 is 0 Å². The number of hydrogen-bond acceptors (Lipinski definition) is 9. The fraction of sp³-hybridized carbons (Fsp3) is 0.226. The molecule has 0 aliphatic rings. The monoisotopic (exact) mass is 618 g/mol. The average molecular weight is 619 g/mol. The molecule has 43 heavy (non-hydrogen) atoms. The zero-order valence-corrected chi connectivity index (χ0v) is 25.5. The lowest BCUT2D eigenvalue weighted by atomic mass is 10.2. The summed E-state index contributed by atoms with van der Waals surface area (Å²) in [5.74, 6) is 0.0743. The molecule has 0 N–H and O–H groups in total. The number of aromatic nitrogens is 1. The number of ether oxygens (including phenoxy) is 1. The minimum absolute atomic E-state index is 0.0989. The van der Waals surface area contributed by atoms with Crippen molar-refractivity contribution in [2.75, 3.05) is 25.2 Å². The molecule has 0 radical (unpaired) electrons. The number of amides is 1. The fourth-order valence-corrected chi connectivity index (χ4v) is 7.07. The molecular formula is C31H30N4O6S2. The summed E-state index contributed by atoms with van der Waals surface area (Å²) in [6.45, 7) is 4.67. The van der Waals surface area contributed by atoms with Gasteiger partial charge in [0.1, 0.15) is 17.6 Å². The highest BCUT2D eigenvalue weighted by atomic mass is 32.2. The number of fused-ring (bicyclic) bond motifs is 2. The maximum absolute atomic E-state index is 13.9. The summed E-state index contributed by atoms with van der Waals surface area (Å²) >= 11 is 1.22. The Balaban J connectivity index is 1.53. The number of anilines is 1. The van der Waals surface area contributed by atoms with Crippen LogP contribution in [0.5, 0.6) is 5.75 Å². The molecule has 0 spiro atoms. The molecule has 5 aromatic rings. The third-order valence-corrected chi connectivity index (χ3v) is 9.57. The Bertz CT molecular complexity index is 1960. The van der Waals surface area contributed by atoms with Gasteiger partial charge in [0.15, 0.2) is 0 Å². The van der Waals surface area contributed by atoms with Crippen LogP contribution < -0.4 is 15.2 Å². The molecule has 0 saturated carbocycles. The van der Waals surface area contributed by atoms with E-state index in [0.717, 1.165) is 9.71 Å². The molecule has 3 aromatic carbocycles. The predicted octanol–water partition coefficient (Wildman–Crippen LogP) is 5.90. The molecule has 0 fully saturated rings. The van der Waals surface area contributed by atoms with Gasteiger partial charge in [-0.3, -0.25) is 9.59 Å². The maximum atomic E-state index is 13.9. The normalized spacial score (nSPS) is 12.0. The Labute approximate surface area is 252 Å². The van der Waals surface area contributed by atoms with Gasteiger partial charge in [0.2, 0.25) is 20.6 Å². The summed E-state index contributed by atoms with van der Waals surface area (Å²) in [4.78, 5) is 31.6. The van der Waals surface area contributed by atoms with Crippen LogP contribution in [0, 0.1) is 0 Å². The summed E-state index contributed by atoms with van der Waals surface area (Å²) in [6.07, 6.45) is 3.92. The number of hydrogen-bond donors (Lipinski definition) is 0. The van der Waals surface area contributed by atoms with Gasteiger partial charge < -0.3 is 9.15 Å². The molecule has 0 saturated heterocycles. The van der Waals surface area contributed by atoms with Crippen LogP contribution in [0.2, 0.25) is 0 Å². The topological polar surface area (TPSA) is 122 Å². The largest absolute Gasteiger partial charge is 0.497 e. The smallest absolute Gasteiger partial charge is 0.280 e. The van der Waals surface area contributed by atoms with Crippen LogP contribution in [0.3, 0.4) is 0 Å². The van der Waals surface area contributed by atoms with E-state index >= 15 is 0 Å². The lowest BCUT2D eigenvalue weighted by Gasteiger charge is -2.21. The summed E-state index contributed by atoms with van der Waals surface area (Å²) in [7, 11) is -2.16. The van der Waals surface area contributed by atoms with E-state index in [-0.39, 0.29) is 26.6 Å². The van der Waals surface area contributed by atoms with Crippen molar-refractivity contribution in [1.29, 1.82) is 0 Å². The third kappa shape index (κ3) is 6.21. The van der Waals surface area contributed by atoms with Gasteiger partial charge in [0.05, 0.1) is 39.4 Å². The van der Waals surface area contributed by atoms with Crippen molar-refractivity contribution >= 4 is 59.8 Å². The SMILES string of the molecule is CCCN(CCC)S(=O)(=O)c1ccc(C(=O)N(/N=C/c2coc3ccccc3c2=O)c2nc3ccc(OC)cc3s2)cc1. The van der Waals surface area contributed by atoms with E-state index in [9.17, 15) is 18.0 Å². The van der Waals surface area contributed by atoms with Crippen molar-refractivity contribution in [2.24, 2.45) is 5.10 Å². The number of sulfonamides is 1. The van der Waals surface area contributed by atoms with Crippen LogP contribution in [0.25, 0.3) is 21.2 Å². The lowest BCUT2D eigenvalue weighted by molar-refractivity contribution is 0.0987. The van der Waals surface area contributed by atoms with E-state index < -0.39 is 15.9 Å². The Morgan fingerprint density at radius 1 is 1.05 bits per heavy atom. The van der Waals surface area contributed by atoms with E-state index in [1.54, 1.807) is 49.6 Å². The second-order valence-electron chi connectivity index (χ2n) is 9.64. The predicted molar refractivity (Wildman–Crippen MR) is 169 cm³/mol. The third-order valence-electron chi connectivity index (χ3n) is 6.66. The zero-order valence-electron chi connectivity index (χ0n) is 23.9. The quantitative estimate of drug-likeness (QED) is 0.133. The molecular weight excluding hydrogens is 588 g/mol. The molecule has 2 aromatic heterocycles. The summed E-state index contributed by atoms with van der Waals surface area (Å²) in [6, 6.07) is 17.9. The van der Waals surface area contributed by atoms with E-state index in [1.165, 1.54) is 52.4 Å². The first-order valence-corrected chi connectivity index (χ1v) is 16.0. The summed E-state index contributed by atoms with van der Waals surface area (Å²) in [5, 5.41) is 6.11. The van der Waals surface area contributed by atoms with Gasteiger partial charge in [-0.25, -0.2) is 13.4 Å². The van der Waals surface area contributed by atoms with Crippen molar-refractivity contribution in [3.05, 3.63) is 94.3 Å². The number of methoxy groups -OCH3 is 1. The number of rotatable bonds is 11. The van der Waals surface area contributed by atoms with Crippen LogP contribution >= 0.6 is 11.3 Å². The highest BCUT2D eigenvalue weighted by Crippen LogP contribution is 2.32. The van der Waals surface area contributed by atoms with Crippen LogP contribution in [-0.2, 0) is 10.0 Å². The number of para-hydroxylation sites is 1. The molecule has 10 nitrogen and oxygen atoms in total. The molecule has 222 valence electrons. The molecule has 0 unspecified atom stereocenters. The highest BCUT2D eigenvalue weighted by Gasteiger charge is 2.25. The Hall–Kier alpha value is -4.39. The highest BCUT2D eigenvalue weighted by molar-refractivity contribution is 7.89. The molecule has 0 aliphatic heterocycles. The molecule has 12 heteroatoms. The first-order valence-electron chi connectivity index (χ1n) is 13.7. The van der Waals surface area contributed by atoms with Crippen molar-refractivity contribution < 1.29 is 22.4 Å². The number of carbonyl (C=O) groups excluding carboxylic acids is 1. The zero-order chi connectivity index (χ0) is 30.6. The summed E-state index contributed by atoms with van der Waals surface area (Å²) < 4.78 is 39.6. The van der Waals surface area contributed by atoms with E-state index in [4.69, 9.17) is 9.15 Å². The Morgan fingerprint density at radius 2 is 1.77 bits per heavy atom. The standard InChI is InChI=1S/C31H30N4O6S2/c1-4-16-34(17-5-2)43(38,39)24-13-10-21(11-14-24)30(37)35(31-33-26-15-12-23(40-3)18-28(26)42-31)32-19-22-20-41-27-9-7-6-8-25(27)29(22)36/h6-15,18-20H,4-5,16-17H2,1-3H3/b32-19+. The minimum Gasteiger partial charge on any atom is -0.497 e. The van der Waals surface area contributed by atoms with Gasteiger partial charge in [-0.2, -0.15) is 14.4 Å². The molecule has 0 aliphatic carbocycles. The van der Waals surface area contributed by atoms with E-state index in [0.29, 0.717) is 48.2 Å². The molecule has 2 heterocycles. The van der Waals surface area contributed by atoms with Gasteiger partial charge in [-0.05, 0) is 67.4 Å². The number of nitrogens with zero attached hydrogens (tertiary/aromatic N) is 4. The minimum atomic E-state index is -3.72. The Kier molecular flexibility index (Phi) is 9.00. The van der Waals surface area contributed by atoms with Gasteiger partial charge in [-0.15, -0.1) is 0 Å². The lowest BCUT2D eigenvalue weighted by Crippen LogP contribution is -2.32. The van der Waals surface area contributed by atoms with Crippen LogP contribution in [-0.4, -0.2) is 50.0 Å². The molecule has 5 rings (SSSR count). The molecule has 0 atom stereocenters. The van der Waals surface area contributed by atoms with Crippen molar-refractivity contribution in [3.63, 3.8) is 0 Å². The second kappa shape index (κ2) is 12.9. The fourth-order valence-electron chi connectivity index (χ4n) is 4.49. The van der Waals surface area contributed by atoms with Gasteiger partial charge in [-0.1, -0.05) is 37.3 Å². The Morgan fingerprint density at radius 3 is 2.47 bits per heavy atom. The first-order chi connectivity index (χ1) is 20.8. The van der Waals surface area contributed by atoms with Crippen molar-refractivity contribution in [3.8, 4) is 5.75 Å². The first kappa shape index (κ1) is 30.1. The maximum Gasteiger partial charge on any atom is 0.280 e. The van der Waals surface area contributed by atoms with Crippen LogP contribution in [0.1, 0.15) is 42.6 Å². The van der Waals surface area contributed by atoms with Crippen molar-refractivity contribution in [2.45, 2.75) is 31.6 Å². The second-order valence-corrected chi connectivity index (χ2v) is 12.6. The van der Waals surface area contributed by atoms with E-state index in [2.05, 4.69) is 10.1 Å². The van der Waals surface area contributed by atoms with Crippen LogP contribution in [0.4, 0.5) is 5.13 Å².